The number of aryl methyl sites for hydroxylation is 1. The van der Waals surface area contributed by atoms with E-state index in [0.29, 0.717) is 0 Å². The van der Waals surface area contributed by atoms with E-state index in [4.69, 9.17) is 0 Å². The first-order chi connectivity index (χ1) is 8.24. The van der Waals surface area contributed by atoms with Crippen LogP contribution in [0.15, 0.2) is 18.2 Å². The summed E-state index contributed by atoms with van der Waals surface area (Å²) in [5.74, 6) is -0.400. The van der Waals surface area contributed by atoms with Gasteiger partial charge in [0.25, 0.3) is 5.91 Å². The number of amides is 1. The second kappa shape index (κ2) is 5.40. The normalized spacial score (nSPS) is 14.3. The van der Waals surface area contributed by atoms with E-state index < -0.39 is 5.60 Å². The summed E-state index contributed by atoms with van der Waals surface area (Å²) in [6.07, 6.45) is 0. The predicted octanol–water partition coefficient (Wildman–Crippen LogP) is 1.84. The van der Waals surface area contributed by atoms with Crippen LogP contribution in [0.3, 0.4) is 0 Å². The highest BCUT2D eigenvalue weighted by molar-refractivity contribution is 5.97. The Morgan fingerprint density at radius 2 is 2.06 bits per heavy atom. The van der Waals surface area contributed by atoms with Crippen molar-refractivity contribution in [3.8, 4) is 5.75 Å². The van der Waals surface area contributed by atoms with Crippen LogP contribution in [0.25, 0.3) is 0 Å². The Labute approximate surface area is 108 Å². The summed E-state index contributed by atoms with van der Waals surface area (Å²) in [5, 5.41) is 22.3. The molecule has 4 nitrogen and oxygen atoms in total. The Bertz CT molecular complexity index is 439. The molecule has 18 heavy (non-hydrogen) atoms. The van der Waals surface area contributed by atoms with Crippen LogP contribution < -0.4 is 5.32 Å². The predicted molar refractivity (Wildman–Crippen MR) is 70.6 cm³/mol. The quantitative estimate of drug-likeness (QED) is 0.764. The molecule has 0 fully saturated rings. The number of carbonyl (C=O) groups excluding carboxylic acids is 1. The fourth-order valence-electron chi connectivity index (χ4n) is 1.39. The van der Waals surface area contributed by atoms with Crippen LogP contribution in [-0.4, -0.2) is 28.3 Å². The summed E-state index contributed by atoms with van der Waals surface area (Å²) in [4.78, 5) is 11.9. The Kier molecular flexibility index (Phi) is 4.35. The SMILES string of the molecule is Cc1ccc(O)c(C(=O)NCC(C)(O)C(C)C)c1. The molecule has 0 saturated heterocycles. The molecular weight excluding hydrogens is 230 g/mol. The maximum Gasteiger partial charge on any atom is 0.255 e. The number of hydrogen-bond donors (Lipinski definition) is 3. The van der Waals surface area contributed by atoms with E-state index >= 15 is 0 Å². The van der Waals surface area contributed by atoms with Gasteiger partial charge >= 0.3 is 0 Å². The molecule has 0 bridgehead atoms. The van der Waals surface area contributed by atoms with Gasteiger partial charge in [-0.1, -0.05) is 25.5 Å². The van der Waals surface area contributed by atoms with E-state index in [1.54, 1.807) is 19.1 Å². The fraction of sp³-hybridized carbons (Fsp3) is 0.500. The van der Waals surface area contributed by atoms with Crippen LogP contribution in [0.5, 0.6) is 5.75 Å². The van der Waals surface area contributed by atoms with Crippen LogP contribution in [0.2, 0.25) is 0 Å². The summed E-state index contributed by atoms with van der Waals surface area (Å²) in [5.41, 5.74) is 0.165. The van der Waals surface area contributed by atoms with Gasteiger partial charge in [0.05, 0.1) is 11.2 Å². The van der Waals surface area contributed by atoms with Crippen LogP contribution >= 0.6 is 0 Å². The smallest absolute Gasteiger partial charge is 0.255 e. The first-order valence-electron chi connectivity index (χ1n) is 6.04. The van der Waals surface area contributed by atoms with Gasteiger partial charge in [0.15, 0.2) is 0 Å². The molecule has 0 saturated carbocycles. The molecular formula is C14H21NO3. The largest absolute Gasteiger partial charge is 0.507 e. The Morgan fingerprint density at radius 1 is 1.44 bits per heavy atom. The second-order valence-electron chi connectivity index (χ2n) is 5.22. The van der Waals surface area contributed by atoms with E-state index in [1.165, 1.54) is 6.07 Å². The third kappa shape index (κ3) is 3.47. The molecule has 1 aromatic carbocycles. The van der Waals surface area contributed by atoms with Crippen molar-refractivity contribution >= 4 is 5.91 Å². The van der Waals surface area contributed by atoms with Gasteiger partial charge in [-0.05, 0) is 31.9 Å². The van der Waals surface area contributed by atoms with Crippen molar-refractivity contribution in [1.29, 1.82) is 0 Å². The van der Waals surface area contributed by atoms with Gasteiger partial charge in [0.2, 0.25) is 0 Å². The molecule has 1 aromatic rings. The average Bonchev–Trinajstić information content (AvgIpc) is 2.29. The minimum absolute atomic E-state index is 0.0314. The molecule has 0 heterocycles. The summed E-state index contributed by atoms with van der Waals surface area (Å²) in [6.45, 7) is 7.44. The minimum atomic E-state index is -0.963. The number of rotatable bonds is 4. The zero-order valence-corrected chi connectivity index (χ0v) is 11.3. The van der Waals surface area contributed by atoms with Crippen LogP contribution in [0.4, 0.5) is 0 Å². The summed E-state index contributed by atoms with van der Waals surface area (Å²) >= 11 is 0. The van der Waals surface area contributed by atoms with Crippen molar-refractivity contribution in [2.24, 2.45) is 5.92 Å². The molecule has 1 amide bonds. The van der Waals surface area contributed by atoms with E-state index in [9.17, 15) is 15.0 Å². The zero-order valence-electron chi connectivity index (χ0n) is 11.3. The number of hydrogen-bond acceptors (Lipinski definition) is 3. The first kappa shape index (κ1) is 14.5. The summed E-state index contributed by atoms with van der Waals surface area (Å²) in [6, 6.07) is 4.84. The number of nitrogens with one attached hydrogen (secondary N) is 1. The maximum absolute atomic E-state index is 11.9. The Balaban J connectivity index is 2.75. The molecule has 4 heteroatoms. The van der Waals surface area contributed by atoms with Crippen molar-refractivity contribution < 1.29 is 15.0 Å². The monoisotopic (exact) mass is 251 g/mol. The molecule has 1 rings (SSSR count). The van der Waals surface area contributed by atoms with Gasteiger partial charge in [0.1, 0.15) is 5.75 Å². The molecule has 0 aliphatic rings. The highest BCUT2D eigenvalue weighted by Crippen LogP contribution is 2.19. The van der Waals surface area contributed by atoms with Crippen molar-refractivity contribution in [1.82, 2.24) is 5.32 Å². The van der Waals surface area contributed by atoms with Gasteiger partial charge in [-0.2, -0.15) is 0 Å². The summed E-state index contributed by atoms with van der Waals surface area (Å²) < 4.78 is 0. The lowest BCUT2D eigenvalue weighted by atomic mass is 9.92. The number of phenolic OH excluding ortho intramolecular Hbond substituents is 1. The number of aromatic hydroxyl groups is 1. The number of carbonyl (C=O) groups is 1. The minimum Gasteiger partial charge on any atom is -0.507 e. The Morgan fingerprint density at radius 3 is 2.61 bits per heavy atom. The van der Waals surface area contributed by atoms with Gasteiger partial charge in [-0.25, -0.2) is 0 Å². The van der Waals surface area contributed by atoms with Gasteiger partial charge in [0, 0.05) is 6.54 Å². The molecule has 1 unspecified atom stereocenters. The number of phenols is 1. The standard InChI is InChI=1S/C14H21NO3/c1-9(2)14(4,18)8-15-13(17)11-7-10(3)5-6-12(11)16/h5-7,9,16,18H,8H2,1-4H3,(H,15,17). The van der Waals surface area contributed by atoms with Crippen LogP contribution in [-0.2, 0) is 0 Å². The van der Waals surface area contributed by atoms with Crippen molar-refractivity contribution in [3.63, 3.8) is 0 Å². The lowest BCUT2D eigenvalue weighted by Crippen LogP contribution is -2.44. The topological polar surface area (TPSA) is 69.6 Å². The molecule has 0 aliphatic carbocycles. The highest BCUT2D eigenvalue weighted by Gasteiger charge is 2.25. The molecule has 0 spiro atoms. The molecule has 1 atom stereocenters. The molecule has 0 aliphatic heterocycles. The van der Waals surface area contributed by atoms with Crippen molar-refractivity contribution in [3.05, 3.63) is 29.3 Å². The van der Waals surface area contributed by atoms with Crippen LogP contribution in [0.1, 0.15) is 36.7 Å². The van der Waals surface area contributed by atoms with Crippen LogP contribution in [0, 0.1) is 12.8 Å². The van der Waals surface area contributed by atoms with Crippen molar-refractivity contribution in [2.45, 2.75) is 33.3 Å². The fourth-order valence-corrected chi connectivity index (χ4v) is 1.39. The third-order valence-electron chi connectivity index (χ3n) is 3.25. The second-order valence-corrected chi connectivity index (χ2v) is 5.22. The van der Waals surface area contributed by atoms with E-state index in [2.05, 4.69) is 5.32 Å². The summed E-state index contributed by atoms with van der Waals surface area (Å²) in [7, 11) is 0. The van der Waals surface area contributed by atoms with Gasteiger partial charge in [-0.15, -0.1) is 0 Å². The number of benzene rings is 1. The average molecular weight is 251 g/mol. The molecule has 0 aromatic heterocycles. The Hall–Kier alpha value is -1.55. The molecule has 0 radical (unpaired) electrons. The lowest BCUT2D eigenvalue weighted by Gasteiger charge is -2.27. The van der Waals surface area contributed by atoms with Gasteiger partial charge in [-0.3, -0.25) is 4.79 Å². The van der Waals surface area contributed by atoms with E-state index in [-0.39, 0.29) is 29.7 Å². The number of aliphatic hydroxyl groups is 1. The van der Waals surface area contributed by atoms with Gasteiger partial charge < -0.3 is 15.5 Å². The highest BCUT2D eigenvalue weighted by atomic mass is 16.3. The third-order valence-corrected chi connectivity index (χ3v) is 3.25. The van der Waals surface area contributed by atoms with E-state index in [0.717, 1.165) is 5.56 Å². The van der Waals surface area contributed by atoms with Crippen molar-refractivity contribution in [2.75, 3.05) is 6.54 Å². The maximum atomic E-state index is 11.9. The molecule has 3 N–H and O–H groups in total. The molecule has 100 valence electrons. The first-order valence-corrected chi connectivity index (χ1v) is 6.04. The zero-order chi connectivity index (χ0) is 13.9. The lowest BCUT2D eigenvalue weighted by molar-refractivity contribution is 0.0142. The van der Waals surface area contributed by atoms with E-state index in [1.807, 2.05) is 20.8 Å².